The second-order valence-electron chi connectivity index (χ2n) is 14.7. The lowest BCUT2D eigenvalue weighted by Gasteiger charge is -2.39. The normalized spacial score (nSPS) is 22.7. The van der Waals surface area contributed by atoms with Gasteiger partial charge in [0.15, 0.2) is 0 Å². The van der Waals surface area contributed by atoms with E-state index in [1.165, 1.54) is 0 Å². The first-order valence-electron chi connectivity index (χ1n) is 18.3. The van der Waals surface area contributed by atoms with Gasteiger partial charge in [-0.25, -0.2) is 9.59 Å². The van der Waals surface area contributed by atoms with E-state index in [9.17, 15) is 19.5 Å². The molecule has 11 heteroatoms. The van der Waals surface area contributed by atoms with Crippen molar-refractivity contribution in [2.45, 2.75) is 81.6 Å². The number of hydrogen-bond acceptors (Lipinski definition) is 6. The Morgan fingerprint density at radius 3 is 1.69 bits per heavy atom. The third kappa shape index (κ3) is 8.74. The third-order valence-electron chi connectivity index (χ3n) is 11.3. The molecule has 0 aliphatic carbocycles. The molecule has 0 spiro atoms. The molecular weight excluding hydrogens is 618 g/mol. The number of hydrogen-bond donors (Lipinski definition) is 3. The van der Waals surface area contributed by atoms with Crippen molar-refractivity contribution in [3.8, 4) is 0 Å². The molecule has 5 amide bonds. The van der Waals surface area contributed by atoms with Crippen LogP contribution in [0.1, 0.15) is 72.9 Å². The molecule has 266 valence electrons. The summed E-state index contributed by atoms with van der Waals surface area (Å²) in [6.45, 7) is 7.54. The van der Waals surface area contributed by atoms with Crippen LogP contribution in [0.25, 0.3) is 0 Å². The molecule has 0 saturated carbocycles. The lowest BCUT2D eigenvalue weighted by Crippen LogP contribution is -2.52. The average Bonchev–Trinajstić information content (AvgIpc) is 3.47. The molecule has 4 saturated heterocycles. The molecule has 5 heterocycles. The van der Waals surface area contributed by atoms with Gasteiger partial charge >= 0.3 is 12.1 Å². The Labute approximate surface area is 291 Å². The number of rotatable bonds is 4. The lowest BCUT2D eigenvalue weighted by atomic mass is 9.84. The quantitative estimate of drug-likeness (QED) is 0.457. The highest BCUT2D eigenvalue weighted by atomic mass is 16.3. The number of likely N-dealkylation sites (tertiary alicyclic amines) is 4. The molecular formula is C38H55N7O4. The van der Waals surface area contributed by atoms with Crippen LogP contribution in [0.4, 0.5) is 9.59 Å². The number of amides is 5. The van der Waals surface area contributed by atoms with Crippen molar-refractivity contribution in [1.82, 2.24) is 35.1 Å². The minimum Gasteiger partial charge on any atom is -0.385 e. The zero-order valence-corrected chi connectivity index (χ0v) is 29.4. The molecule has 0 radical (unpaired) electrons. The van der Waals surface area contributed by atoms with E-state index >= 15 is 0 Å². The summed E-state index contributed by atoms with van der Waals surface area (Å²) in [6.07, 6.45) is 7.00. The molecule has 2 aromatic carbocycles. The van der Waals surface area contributed by atoms with Crippen molar-refractivity contribution in [3.05, 3.63) is 71.3 Å². The van der Waals surface area contributed by atoms with E-state index in [0.29, 0.717) is 38.5 Å². The maximum absolute atomic E-state index is 12.6. The number of carbonyl (C=O) groups excluding carboxylic acids is 3. The molecule has 0 bridgehead atoms. The zero-order valence-electron chi connectivity index (χ0n) is 29.4. The van der Waals surface area contributed by atoms with Crippen LogP contribution < -0.4 is 10.6 Å². The largest absolute Gasteiger partial charge is 0.385 e. The topological polar surface area (TPSA) is 112 Å². The molecule has 11 nitrogen and oxygen atoms in total. The van der Waals surface area contributed by atoms with Crippen molar-refractivity contribution in [2.75, 3.05) is 66.5 Å². The molecule has 49 heavy (non-hydrogen) atoms. The lowest BCUT2D eigenvalue weighted by molar-refractivity contribution is -0.0171. The Hall–Kier alpha value is -3.67. The standard InChI is InChI=1S/C20H28N4O2.C18H27N3O2/c1-22-10-6-16(7-11-22)21-20(26)23-12-8-17(9-13-23)24-14-15-4-2-3-5-18(15)19(24)25;1-20-11-7-16(8-12-20)19-17(22)21-13-9-18(23,10-14-21)15-5-3-2-4-6-15/h2-5,16-17H,6-14H2,1H3,(H,21,26);2-6,16,23H,7-14H2,1H3,(H,19,22). The van der Waals surface area contributed by atoms with Crippen molar-refractivity contribution < 1.29 is 19.5 Å². The van der Waals surface area contributed by atoms with E-state index in [1.807, 2.05) is 69.3 Å². The number of piperidine rings is 4. The molecule has 5 aliphatic rings. The summed E-state index contributed by atoms with van der Waals surface area (Å²) in [5, 5.41) is 17.2. The van der Waals surface area contributed by atoms with E-state index < -0.39 is 5.60 Å². The van der Waals surface area contributed by atoms with Crippen molar-refractivity contribution in [2.24, 2.45) is 0 Å². The minimum atomic E-state index is -0.800. The molecule has 0 unspecified atom stereocenters. The number of nitrogens with zero attached hydrogens (tertiary/aromatic N) is 5. The van der Waals surface area contributed by atoms with E-state index in [0.717, 1.165) is 94.5 Å². The van der Waals surface area contributed by atoms with Gasteiger partial charge in [0.05, 0.1) is 5.60 Å². The Morgan fingerprint density at radius 1 is 0.673 bits per heavy atom. The molecule has 2 aromatic rings. The van der Waals surface area contributed by atoms with Crippen LogP contribution in [0.3, 0.4) is 0 Å². The van der Waals surface area contributed by atoms with Gasteiger partial charge in [0.25, 0.3) is 5.91 Å². The van der Waals surface area contributed by atoms with Crippen LogP contribution in [0.5, 0.6) is 0 Å². The first-order chi connectivity index (χ1) is 23.7. The highest BCUT2D eigenvalue weighted by Gasteiger charge is 2.37. The van der Waals surface area contributed by atoms with Crippen molar-refractivity contribution in [3.63, 3.8) is 0 Å². The number of benzene rings is 2. The summed E-state index contributed by atoms with van der Waals surface area (Å²) in [6, 6.07) is 18.6. The summed E-state index contributed by atoms with van der Waals surface area (Å²) in [4.78, 5) is 47.9. The molecule has 0 atom stereocenters. The van der Waals surface area contributed by atoms with Gasteiger partial charge in [-0.05, 0) is 109 Å². The van der Waals surface area contributed by atoms with Crippen LogP contribution >= 0.6 is 0 Å². The van der Waals surface area contributed by atoms with Crippen LogP contribution in [-0.4, -0.2) is 132 Å². The summed E-state index contributed by atoms with van der Waals surface area (Å²) in [7, 11) is 4.24. The zero-order chi connectivity index (χ0) is 34.4. The Balaban J connectivity index is 0.000000171. The van der Waals surface area contributed by atoms with E-state index in [4.69, 9.17) is 0 Å². The van der Waals surface area contributed by atoms with Gasteiger partial charge < -0.3 is 40.2 Å². The minimum absolute atomic E-state index is 0.0228. The maximum atomic E-state index is 12.6. The van der Waals surface area contributed by atoms with Crippen LogP contribution in [0, 0.1) is 0 Å². The number of nitrogens with one attached hydrogen (secondary N) is 2. The molecule has 4 fully saturated rings. The van der Waals surface area contributed by atoms with Gasteiger partial charge in [-0.15, -0.1) is 0 Å². The Kier molecular flexibility index (Phi) is 11.4. The van der Waals surface area contributed by atoms with Gasteiger partial charge in [-0.1, -0.05) is 48.5 Å². The number of fused-ring (bicyclic) bond motifs is 1. The van der Waals surface area contributed by atoms with E-state index in [-0.39, 0.29) is 30.1 Å². The van der Waals surface area contributed by atoms with E-state index in [2.05, 4.69) is 34.5 Å². The van der Waals surface area contributed by atoms with Crippen molar-refractivity contribution >= 4 is 18.0 Å². The fraction of sp³-hybridized carbons (Fsp3) is 0.605. The van der Waals surface area contributed by atoms with Crippen molar-refractivity contribution in [1.29, 1.82) is 0 Å². The molecule has 7 rings (SSSR count). The number of carbonyl (C=O) groups is 3. The average molecular weight is 674 g/mol. The highest BCUT2D eigenvalue weighted by molar-refractivity contribution is 5.98. The first kappa shape index (κ1) is 35.2. The Morgan fingerprint density at radius 2 is 1.16 bits per heavy atom. The molecule has 0 aromatic heterocycles. The third-order valence-corrected chi connectivity index (χ3v) is 11.3. The van der Waals surface area contributed by atoms with Crippen LogP contribution in [0.15, 0.2) is 54.6 Å². The number of urea groups is 2. The second kappa shape index (κ2) is 15.9. The predicted octanol–water partition coefficient (Wildman–Crippen LogP) is 3.68. The fourth-order valence-corrected chi connectivity index (χ4v) is 7.91. The second-order valence-corrected chi connectivity index (χ2v) is 14.7. The Bertz CT molecular complexity index is 1410. The molecule has 3 N–H and O–H groups in total. The first-order valence-corrected chi connectivity index (χ1v) is 18.3. The number of aliphatic hydroxyl groups is 1. The molecule has 5 aliphatic heterocycles. The maximum Gasteiger partial charge on any atom is 0.317 e. The van der Waals surface area contributed by atoms with E-state index in [1.54, 1.807) is 0 Å². The summed E-state index contributed by atoms with van der Waals surface area (Å²) < 4.78 is 0. The summed E-state index contributed by atoms with van der Waals surface area (Å²) in [5.41, 5.74) is 2.12. The van der Waals surface area contributed by atoms with Crippen LogP contribution in [-0.2, 0) is 12.1 Å². The SMILES string of the molecule is CN1CCC(NC(=O)N2CCC(N3Cc4ccccc4C3=O)CC2)CC1.CN1CCC(NC(=O)N2CCC(O)(c3ccccc3)CC2)CC1. The van der Waals surface area contributed by atoms with Gasteiger partial charge in [0, 0.05) is 56.4 Å². The van der Waals surface area contributed by atoms with Gasteiger partial charge in [0.1, 0.15) is 0 Å². The van der Waals surface area contributed by atoms with Gasteiger partial charge in [0.2, 0.25) is 0 Å². The van der Waals surface area contributed by atoms with Gasteiger partial charge in [-0.2, -0.15) is 0 Å². The van der Waals surface area contributed by atoms with Gasteiger partial charge in [-0.3, -0.25) is 4.79 Å². The monoisotopic (exact) mass is 673 g/mol. The smallest absolute Gasteiger partial charge is 0.317 e. The van der Waals surface area contributed by atoms with Crippen LogP contribution in [0.2, 0.25) is 0 Å². The summed E-state index contributed by atoms with van der Waals surface area (Å²) >= 11 is 0. The summed E-state index contributed by atoms with van der Waals surface area (Å²) in [5.74, 6) is 0.148. The highest BCUT2D eigenvalue weighted by Crippen LogP contribution is 2.33. The predicted molar refractivity (Wildman–Crippen MR) is 190 cm³/mol. The fourth-order valence-electron chi connectivity index (χ4n) is 7.91.